The van der Waals surface area contributed by atoms with Gasteiger partial charge in [0.25, 0.3) is 11.8 Å². The van der Waals surface area contributed by atoms with Crippen LogP contribution in [0.3, 0.4) is 0 Å². The third-order valence-electron chi connectivity index (χ3n) is 7.24. The maximum absolute atomic E-state index is 14.3. The van der Waals surface area contributed by atoms with E-state index < -0.39 is 0 Å². The molecule has 220 valence electrons. The molecular weight excluding hydrogens is 538 g/mol. The van der Waals surface area contributed by atoms with Crippen molar-refractivity contribution in [3.8, 4) is 11.3 Å². The van der Waals surface area contributed by atoms with Crippen LogP contribution >= 0.6 is 0 Å². The molecule has 1 aromatic heterocycles. The van der Waals surface area contributed by atoms with Crippen LogP contribution in [0.1, 0.15) is 44.5 Å². The molecule has 2 aliphatic heterocycles. The number of carbonyl (C=O) groups is 3. The van der Waals surface area contributed by atoms with Crippen molar-refractivity contribution < 1.29 is 33.3 Å². The molecule has 2 aromatic carbocycles. The first-order valence-electron chi connectivity index (χ1n) is 14.0. The number of nitrogens with one attached hydrogen (secondary N) is 2. The lowest BCUT2D eigenvalue weighted by atomic mass is 9.99. The molecule has 0 bridgehead atoms. The molecule has 10 nitrogen and oxygen atoms in total. The fourth-order valence-corrected chi connectivity index (χ4v) is 5.09. The summed E-state index contributed by atoms with van der Waals surface area (Å²) in [5, 5.41) is 2.87. The summed E-state index contributed by atoms with van der Waals surface area (Å²) >= 11 is 0. The Hall–Kier alpha value is -4.09. The van der Waals surface area contributed by atoms with E-state index in [1.807, 2.05) is 30.3 Å². The van der Waals surface area contributed by atoms with Crippen LogP contribution in [0.4, 0.5) is 5.69 Å². The van der Waals surface area contributed by atoms with Gasteiger partial charge in [-0.3, -0.25) is 14.4 Å². The summed E-state index contributed by atoms with van der Waals surface area (Å²) in [6, 6.07) is 14.7. The van der Waals surface area contributed by atoms with Gasteiger partial charge in [-0.2, -0.15) is 0 Å². The lowest BCUT2D eigenvalue weighted by Gasteiger charge is -2.24. The highest BCUT2D eigenvalue weighted by Crippen LogP contribution is 2.37. The van der Waals surface area contributed by atoms with Crippen LogP contribution in [0.25, 0.3) is 22.9 Å². The van der Waals surface area contributed by atoms with Gasteiger partial charge >= 0.3 is 0 Å². The zero-order chi connectivity index (χ0) is 29.5. The normalized spacial score (nSPS) is 17.3. The minimum absolute atomic E-state index is 0.0951. The van der Waals surface area contributed by atoms with E-state index in [2.05, 4.69) is 10.3 Å². The van der Waals surface area contributed by atoms with Crippen molar-refractivity contribution in [2.24, 2.45) is 0 Å². The largest absolute Gasteiger partial charge is 0.380 e. The third-order valence-corrected chi connectivity index (χ3v) is 7.24. The maximum atomic E-state index is 14.3. The molecular formula is C32H35N3O7. The highest BCUT2D eigenvalue weighted by atomic mass is 16.5. The zero-order valence-electron chi connectivity index (χ0n) is 23.9. The first-order chi connectivity index (χ1) is 20.5. The number of aromatic amines is 1. The number of carbonyl (C=O) groups excluding carboxylic acids is 3. The lowest BCUT2D eigenvalue weighted by molar-refractivity contribution is -0.110. The van der Waals surface area contributed by atoms with E-state index in [9.17, 15) is 14.4 Å². The van der Waals surface area contributed by atoms with E-state index in [4.69, 9.17) is 18.9 Å². The van der Waals surface area contributed by atoms with Gasteiger partial charge in [0, 0.05) is 48.3 Å². The molecule has 2 amide bonds. The van der Waals surface area contributed by atoms with Gasteiger partial charge in [-0.1, -0.05) is 30.3 Å². The Morgan fingerprint density at radius 1 is 0.952 bits per heavy atom. The van der Waals surface area contributed by atoms with Crippen LogP contribution in [-0.4, -0.2) is 87.3 Å². The van der Waals surface area contributed by atoms with Gasteiger partial charge in [-0.15, -0.1) is 0 Å². The second kappa shape index (κ2) is 13.7. The molecule has 0 atom stereocenters. The summed E-state index contributed by atoms with van der Waals surface area (Å²) in [7, 11) is 1.57. The standard InChI is InChI=1S/C32H35N3O7/c1-21(36)23-8-9-27-24(18-23)25(31(37)34-27)19-28-26(20-39-2)29(30(33-28)22-6-4-3-5-7-22)32(38)35-10-12-40-14-16-42-17-15-41-13-11-35/h3-9,18-19,33H,10-17,20H2,1-2H3,(H,34,37). The summed E-state index contributed by atoms with van der Waals surface area (Å²) in [5.41, 5.74) is 5.24. The number of anilines is 1. The number of hydrogen-bond acceptors (Lipinski definition) is 7. The second-order valence-corrected chi connectivity index (χ2v) is 10.0. The molecule has 2 aliphatic rings. The first-order valence-corrected chi connectivity index (χ1v) is 14.0. The highest BCUT2D eigenvalue weighted by molar-refractivity contribution is 6.35. The molecule has 1 fully saturated rings. The number of benzene rings is 2. The summed E-state index contributed by atoms with van der Waals surface area (Å²) in [5.74, 6) is -0.584. The summed E-state index contributed by atoms with van der Waals surface area (Å²) in [4.78, 5) is 44.6. The Morgan fingerprint density at radius 3 is 2.26 bits per heavy atom. The van der Waals surface area contributed by atoms with E-state index in [0.717, 1.165) is 5.56 Å². The minimum Gasteiger partial charge on any atom is -0.380 e. The molecule has 42 heavy (non-hydrogen) atoms. The number of fused-ring (bicyclic) bond motifs is 1. The number of H-pyrrole nitrogens is 1. The topological polar surface area (TPSA) is 119 Å². The van der Waals surface area contributed by atoms with Gasteiger partial charge in [-0.05, 0) is 36.8 Å². The number of rotatable bonds is 6. The predicted octanol–water partition coefficient (Wildman–Crippen LogP) is 4.03. The SMILES string of the molecule is COCc1c(C=C2C(=O)Nc3ccc(C(C)=O)cc32)[nH]c(-c2ccccc2)c1C(=O)N1CCOCCOCCOCC1. The fourth-order valence-electron chi connectivity index (χ4n) is 5.09. The van der Waals surface area contributed by atoms with Crippen molar-refractivity contribution in [1.82, 2.24) is 9.88 Å². The van der Waals surface area contributed by atoms with Crippen molar-refractivity contribution in [3.63, 3.8) is 0 Å². The van der Waals surface area contributed by atoms with Crippen LogP contribution < -0.4 is 5.32 Å². The molecule has 0 radical (unpaired) electrons. The summed E-state index contributed by atoms with van der Waals surface area (Å²) in [6.45, 7) is 4.86. The van der Waals surface area contributed by atoms with Crippen LogP contribution in [0.5, 0.6) is 0 Å². The molecule has 5 rings (SSSR count). The lowest BCUT2D eigenvalue weighted by Crippen LogP contribution is -2.38. The van der Waals surface area contributed by atoms with Gasteiger partial charge in [0.05, 0.1) is 63.1 Å². The van der Waals surface area contributed by atoms with E-state index >= 15 is 0 Å². The average molecular weight is 574 g/mol. The molecule has 10 heteroatoms. The second-order valence-electron chi connectivity index (χ2n) is 10.0. The average Bonchev–Trinajstić information content (AvgIpc) is 3.50. The first kappa shape index (κ1) is 29.4. The Bertz CT molecular complexity index is 1470. The van der Waals surface area contributed by atoms with E-state index in [1.54, 1.807) is 36.3 Å². The number of nitrogens with zero attached hydrogens (tertiary/aromatic N) is 1. The molecule has 0 aliphatic carbocycles. The van der Waals surface area contributed by atoms with Gasteiger partial charge in [0.2, 0.25) is 0 Å². The Balaban J connectivity index is 1.60. The number of Topliss-reactive ketones (excluding diaryl/α,β-unsaturated/α-hetero) is 1. The smallest absolute Gasteiger partial charge is 0.256 e. The molecule has 3 aromatic rings. The zero-order valence-corrected chi connectivity index (χ0v) is 23.9. The van der Waals surface area contributed by atoms with Crippen LogP contribution in [0.2, 0.25) is 0 Å². The van der Waals surface area contributed by atoms with Crippen LogP contribution in [-0.2, 0) is 30.3 Å². The maximum Gasteiger partial charge on any atom is 0.256 e. The minimum atomic E-state index is -0.292. The van der Waals surface area contributed by atoms with Crippen molar-refractivity contribution in [3.05, 3.63) is 76.5 Å². The van der Waals surface area contributed by atoms with Crippen molar-refractivity contribution in [1.29, 1.82) is 0 Å². The van der Waals surface area contributed by atoms with E-state index in [1.165, 1.54) is 6.92 Å². The number of methoxy groups -OCH3 is 1. The van der Waals surface area contributed by atoms with E-state index in [-0.39, 0.29) is 24.2 Å². The Labute approximate surface area is 244 Å². The number of ether oxygens (including phenoxy) is 4. The number of amides is 2. The Morgan fingerprint density at radius 2 is 1.62 bits per heavy atom. The highest BCUT2D eigenvalue weighted by Gasteiger charge is 2.30. The monoisotopic (exact) mass is 573 g/mol. The third kappa shape index (κ3) is 6.52. The fraction of sp³-hybridized carbons (Fsp3) is 0.344. The number of ketones is 1. The van der Waals surface area contributed by atoms with Crippen molar-refractivity contribution >= 4 is 34.9 Å². The number of aromatic nitrogens is 1. The molecule has 0 saturated carbocycles. The molecule has 1 saturated heterocycles. The van der Waals surface area contributed by atoms with Crippen molar-refractivity contribution in [2.75, 3.05) is 65.2 Å². The molecule has 2 N–H and O–H groups in total. The Kier molecular flexibility index (Phi) is 9.60. The van der Waals surface area contributed by atoms with Gasteiger partial charge < -0.3 is 34.1 Å². The van der Waals surface area contributed by atoms with Gasteiger partial charge in [-0.25, -0.2) is 0 Å². The van der Waals surface area contributed by atoms with E-state index in [0.29, 0.717) is 97.6 Å². The molecule has 3 heterocycles. The quantitative estimate of drug-likeness (QED) is 0.338. The van der Waals surface area contributed by atoms with Gasteiger partial charge in [0.15, 0.2) is 5.78 Å². The van der Waals surface area contributed by atoms with Crippen LogP contribution in [0, 0.1) is 0 Å². The molecule has 0 unspecified atom stereocenters. The summed E-state index contributed by atoms with van der Waals surface area (Å²) in [6.07, 6.45) is 1.73. The van der Waals surface area contributed by atoms with Crippen LogP contribution in [0.15, 0.2) is 48.5 Å². The van der Waals surface area contributed by atoms with Gasteiger partial charge in [0.1, 0.15) is 0 Å². The summed E-state index contributed by atoms with van der Waals surface area (Å²) < 4.78 is 22.5. The molecule has 0 spiro atoms. The van der Waals surface area contributed by atoms with Crippen molar-refractivity contribution in [2.45, 2.75) is 13.5 Å². The predicted molar refractivity (Wildman–Crippen MR) is 158 cm³/mol. The number of hydrogen-bond donors (Lipinski definition) is 2.